The maximum atomic E-state index is 11.9. The van der Waals surface area contributed by atoms with E-state index in [0.29, 0.717) is 0 Å². The van der Waals surface area contributed by atoms with E-state index in [4.69, 9.17) is 9.47 Å². The molecule has 0 aromatic rings. The minimum Gasteiger partial charge on any atom is -0.456 e. The molecular formula is C29H32O5. The van der Waals surface area contributed by atoms with Crippen molar-refractivity contribution in [3.63, 3.8) is 0 Å². The molecule has 0 heterocycles. The molecule has 178 valence electrons. The zero-order valence-corrected chi connectivity index (χ0v) is 20.1. The van der Waals surface area contributed by atoms with Gasteiger partial charge in [0.1, 0.15) is 6.61 Å². The fourth-order valence-corrected chi connectivity index (χ4v) is 2.55. The number of ether oxygens (including phenoxy) is 2. The van der Waals surface area contributed by atoms with Crippen LogP contribution < -0.4 is 0 Å². The van der Waals surface area contributed by atoms with Gasteiger partial charge in [0, 0.05) is 12.3 Å². The summed E-state index contributed by atoms with van der Waals surface area (Å²) in [6.07, 6.45) is 9.72. The predicted octanol–water partition coefficient (Wildman–Crippen LogP) is 3.39. The Morgan fingerprint density at radius 1 is 0.735 bits per heavy atom. The lowest BCUT2D eigenvalue weighted by atomic mass is 10.1. The van der Waals surface area contributed by atoms with E-state index in [9.17, 15) is 14.7 Å². The number of hydrogen-bond acceptors (Lipinski definition) is 5. The van der Waals surface area contributed by atoms with Crippen LogP contribution >= 0.6 is 0 Å². The van der Waals surface area contributed by atoms with Gasteiger partial charge in [-0.15, -0.1) is 0 Å². The van der Waals surface area contributed by atoms with E-state index in [-0.39, 0.29) is 13.0 Å². The third kappa shape index (κ3) is 21.5. The molecule has 0 bridgehead atoms. The second kappa shape index (κ2) is 23.9. The van der Waals surface area contributed by atoms with E-state index < -0.39 is 24.6 Å². The van der Waals surface area contributed by atoms with Crippen molar-refractivity contribution < 1.29 is 24.2 Å². The van der Waals surface area contributed by atoms with E-state index in [2.05, 4.69) is 78.0 Å². The first kappa shape index (κ1) is 30.3. The number of esters is 2. The second-order valence-electron chi connectivity index (χ2n) is 7.10. The first-order valence-electron chi connectivity index (χ1n) is 11.5. The number of unbranched alkanes of at least 4 members (excludes halogenated alkanes) is 8. The van der Waals surface area contributed by atoms with Crippen LogP contribution in [0.3, 0.4) is 0 Å². The van der Waals surface area contributed by atoms with E-state index in [0.717, 1.165) is 19.3 Å². The van der Waals surface area contributed by atoms with E-state index in [1.54, 1.807) is 6.92 Å². The molecule has 0 saturated carbocycles. The molecule has 0 saturated heterocycles. The lowest BCUT2D eigenvalue weighted by Crippen LogP contribution is -2.28. The van der Waals surface area contributed by atoms with E-state index in [1.165, 1.54) is 38.5 Å². The van der Waals surface area contributed by atoms with Crippen LogP contribution in [0.5, 0.6) is 0 Å². The highest BCUT2D eigenvalue weighted by molar-refractivity contribution is 5.89. The Morgan fingerprint density at radius 3 is 1.76 bits per heavy atom. The topological polar surface area (TPSA) is 72.8 Å². The zero-order valence-electron chi connectivity index (χ0n) is 20.1. The molecule has 0 aliphatic rings. The van der Waals surface area contributed by atoms with Crippen molar-refractivity contribution in [1.82, 2.24) is 0 Å². The molecule has 0 amide bonds. The second-order valence-corrected chi connectivity index (χ2v) is 7.10. The van der Waals surface area contributed by atoms with Gasteiger partial charge in [0.2, 0.25) is 0 Å². The first-order valence-corrected chi connectivity index (χ1v) is 11.5. The molecule has 0 aromatic carbocycles. The summed E-state index contributed by atoms with van der Waals surface area (Å²) in [7, 11) is 0. The Kier molecular flexibility index (Phi) is 21.3. The Hall–Kier alpha value is -3.74. The maximum absolute atomic E-state index is 11.9. The van der Waals surface area contributed by atoms with Crippen LogP contribution in [0.15, 0.2) is 0 Å². The normalized spacial score (nSPS) is 9.15. The molecule has 0 aromatic heterocycles. The van der Waals surface area contributed by atoms with Crippen LogP contribution in [0.25, 0.3) is 0 Å². The van der Waals surface area contributed by atoms with Crippen LogP contribution in [0.2, 0.25) is 0 Å². The lowest BCUT2D eigenvalue weighted by molar-refractivity contribution is -0.159. The van der Waals surface area contributed by atoms with Crippen molar-refractivity contribution in [3.05, 3.63) is 0 Å². The van der Waals surface area contributed by atoms with Gasteiger partial charge in [-0.25, -0.2) is 4.79 Å². The molecule has 0 rings (SSSR count). The summed E-state index contributed by atoms with van der Waals surface area (Å²) in [5.41, 5.74) is 0. The molecule has 0 unspecified atom stereocenters. The summed E-state index contributed by atoms with van der Waals surface area (Å²) in [6, 6.07) is 0. The monoisotopic (exact) mass is 460 g/mol. The largest absolute Gasteiger partial charge is 0.456 e. The number of hydrogen-bond donors (Lipinski definition) is 1. The Labute approximate surface area is 204 Å². The maximum Gasteiger partial charge on any atom is 0.385 e. The number of carbonyl (C=O) groups excluding carboxylic acids is 2. The molecule has 5 heteroatoms. The third-order valence-corrected chi connectivity index (χ3v) is 4.24. The summed E-state index contributed by atoms with van der Waals surface area (Å²) in [5.74, 6) is 28.0. The average Bonchev–Trinajstić information content (AvgIpc) is 2.84. The molecule has 0 radical (unpaired) electrons. The molecule has 1 atom stereocenters. The predicted molar refractivity (Wildman–Crippen MR) is 132 cm³/mol. The van der Waals surface area contributed by atoms with Crippen LogP contribution in [0.4, 0.5) is 0 Å². The van der Waals surface area contributed by atoms with Gasteiger partial charge in [-0.05, 0) is 72.5 Å². The molecule has 0 aliphatic carbocycles. The summed E-state index contributed by atoms with van der Waals surface area (Å²) in [4.78, 5) is 23.5. The van der Waals surface area contributed by atoms with E-state index >= 15 is 0 Å². The quantitative estimate of drug-likeness (QED) is 0.186. The highest BCUT2D eigenvalue weighted by Crippen LogP contribution is 2.11. The Morgan fingerprint density at radius 2 is 1.24 bits per heavy atom. The number of aliphatic hydroxyl groups excluding tert-OH is 1. The molecule has 0 aliphatic heterocycles. The van der Waals surface area contributed by atoms with Crippen molar-refractivity contribution in [1.29, 1.82) is 0 Å². The van der Waals surface area contributed by atoms with Gasteiger partial charge in [-0.1, -0.05) is 64.2 Å². The standard InChI is InChI=1S/C29H32O5/c1-3-5-7-9-11-13-14-16-17-19-21-23-28(31)33-26-27(25-30)34-29(32)24-22-20-18-15-12-10-8-6-4-2/h27,30H,4,6,8,10,12,15,18,20,22,24-26H2,1-2H3/t27-/m1/s1. The zero-order chi connectivity index (χ0) is 25.1. The van der Waals surface area contributed by atoms with Crippen LogP contribution in [0, 0.1) is 71.0 Å². The highest BCUT2D eigenvalue weighted by atomic mass is 16.6. The van der Waals surface area contributed by atoms with Gasteiger partial charge in [0.25, 0.3) is 0 Å². The molecule has 5 nitrogen and oxygen atoms in total. The minimum absolute atomic E-state index is 0.278. The smallest absolute Gasteiger partial charge is 0.385 e. The summed E-state index contributed by atoms with van der Waals surface area (Å²) in [5, 5.41) is 9.33. The van der Waals surface area contributed by atoms with Crippen LogP contribution in [-0.4, -0.2) is 36.4 Å². The fourth-order valence-electron chi connectivity index (χ4n) is 2.55. The fraction of sp³-hybridized carbons (Fsp3) is 0.517. The average molecular weight is 461 g/mol. The SMILES string of the molecule is CC#CC#CC#CC#CC#CC#CC(=O)OC[C@@H](CO)OC(=O)CCCCCCCCCCC. The molecular weight excluding hydrogens is 428 g/mol. The number of aliphatic hydroxyl groups is 1. The van der Waals surface area contributed by atoms with Gasteiger partial charge >= 0.3 is 11.9 Å². The van der Waals surface area contributed by atoms with Gasteiger partial charge < -0.3 is 14.6 Å². The Bertz CT molecular complexity index is 985. The van der Waals surface area contributed by atoms with Gasteiger partial charge in [-0.3, -0.25) is 4.79 Å². The summed E-state index contributed by atoms with van der Waals surface area (Å²) >= 11 is 0. The van der Waals surface area contributed by atoms with Crippen molar-refractivity contribution in [2.24, 2.45) is 0 Å². The van der Waals surface area contributed by atoms with Crippen molar-refractivity contribution in [2.45, 2.75) is 84.2 Å². The minimum atomic E-state index is -0.918. The van der Waals surface area contributed by atoms with E-state index in [1.807, 2.05) is 0 Å². The van der Waals surface area contributed by atoms with Crippen LogP contribution in [0.1, 0.15) is 78.1 Å². The Balaban J connectivity index is 4.09. The number of rotatable bonds is 14. The molecule has 34 heavy (non-hydrogen) atoms. The molecule has 0 spiro atoms. The summed E-state index contributed by atoms with van der Waals surface area (Å²) < 4.78 is 10.0. The van der Waals surface area contributed by atoms with Gasteiger partial charge in [0.05, 0.1) is 6.61 Å². The van der Waals surface area contributed by atoms with Crippen LogP contribution in [-0.2, 0) is 19.1 Å². The van der Waals surface area contributed by atoms with Crippen molar-refractivity contribution >= 4 is 11.9 Å². The lowest BCUT2D eigenvalue weighted by Gasteiger charge is -2.14. The third-order valence-electron chi connectivity index (χ3n) is 4.24. The van der Waals surface area contributed by atoms with Gasteiger partial charge in [0.15, 0.2) is 6.10 Å². The van der Waals surface area contributed by atoms with Gasteiger partial charge in [-0.2, -0.15) is 0 Å². The molecule has 0 fully saturated rings. The van der Waals surface area contributed by atoms with Crippen molar-refractivity contribution in [2.75, 3.05) is 13.2 Å². The van der Waals surface area contributed by atoms with Crippen molar-refractivity contribution in [3.8, 4) is 71.0 Å². The highest BCUT2D eigenvalue weighted by Gasteiger charge is 2.15. The number of carbonyl (C=O) groups is 2. The molecule has 1 N–H and O–H groups in total. The first-order chi connectivity index (χ1) is 16.6. The summed E-state index contributed by atoms with van der Waals surface area (Å²) in [6.45, 7) is 3.15.